The SMILES string of the molecule is CCC(C)(C)NC(=O)CC(CCC[Si](OC)(OC)OC)C(=O)O. The highest BCUT2D eigenvalue weighted by Gasteiger charge is 2.37. The van der Waals surface area contributed by atoms with Crippen LogP contribution in [-0.4, -0.2) is 52.7 Å². The molecule has 0 aliphatic heterocycles. The summed E-state index contributed by atoms with van der Waals surface area (Å²) in [6, 6.07) is 0.516. The number of amides is 1. The molecule has 0 spiro atoms. The van der Waals surface area contributed by atoms with Crippen molar-refractivity contribution in [2.45, 2.75) is 58.0 Å². The predicted molar refractivity (Wildman–Crippen MR) is 89.1 cm³/mol. The second-order valence-electron chi connectivity index (χ2n) is 6.21. The number of aliphatic carboxylic acids is 1. The Bertz CT molecular complexity index is 376. The number of carboxylic acids is 1. The Kier molecular flexibility index (Phi) is 9.60. The standard InChI is InChI=1S/C15H31NO6Si/c1-7-15(2,3)16-13(17)11-12(14(18)19)9-8-10-23(20-4,21-5)22-6/h12H,7-11H2,1-6H3,(H,16,17)(H,18,19). The molecule has 1 atom stereocenters. The summed E-state index contributed by atoms with van der Waals surface area (Å²) in [5.74, 6) is -1.92. The number of carboxylic acid groups (broad SMARTS) is 1. The van der Waals surface area contributed by atoms with E-state index < -0.39 is 20.7 Å². The van der Waals surface area contributed by atoms with Crippen LogP contribution in [-0.2, 0) is 22.9 Å². The molecular formula is C15H31NO6Si. The van der Waals surface area contributed by atoms with Gasteiger partial charge in [0.2, 0.25) is 5.91 Å². The second kappa shape index (κ2) is 10.0. The fourth-order valence-corrected chi connectivity index (χ4v) is 3.92. The molecule has 0 bridgehead atoms. The molecule has 0 radical (unpaired) electrons. The van der Waals surface area contributed by atoms with Gasteiger partial charge in [0.05, 0.1) is 5.92 Å². The van der Waals surface area contributed by atoms with E-state index in [4.69, 9.17) is 13.3 Å². The van der Waals surface area contributed by atoms with Gasteiger partial charge in [-0.15, -0.1) is 0 Å². The minimum Gasteiger partial charge on any atom is -0.481 e. The van der Waals surface area contributed by atoms with Gasteiger partial charge in [0.1, 0.15) is 0 Å². The Morgan fingerprint density at radius 2 is 1.70 bits per heavy atom. The molecular weight excluding hydrogens is 318 g/mol. The van der Waals surface area contributed by atoms with E-state index >= 15 is 0 Å². The maximum atomic E-state index is 12.0. The highest BCUT2D eigenvalue weighted by molar-refractivity contribution is 6.60. The molecule has 0 saturated heterocycles. The molecule has 23 heavy (non-hydrogen) atoms. The first kappa shape index (κ1) is 22.0. The van der Waals surface area contributed by atoms with Crippen LogP contribution >= 0.6 is 0 Å². The Hall–Kier alpha value is -0.963. The molecule has 0 aliphatic rings. The lowest BCUT2D eigenvalue weighted by Gasteiger charge is -2.26. The maximum Gasteiger partial charge on any atom is 0.500 e. The average molecular weight is 350 g/mol. The fourth-order valence-electron chi connectivity index (χ4n) is 2.17. The van der Waals surface area contributed by atoms with Crippen LogP contribution in [0, 0.1) is 5.92 Å². The molecule has 2 N–H and O–H groups in total. The van der Waals surface area contributed by atoms with Gasteiger partial charge in [0, 0.05) is 39.3 Å². The monoisotopic (exact) mass is 349 g/mol. The summed E-state index contributed by atoms with van der Waals surface area (Å²) < 4.78 is 15.9. The van der Waals surface area contributed by atoms with Crippen molar-refractivity contribution in [2.75, 3.05) is 21.3 Å². The van der Waals surface area contributed by atoms with Crippen molar-refractivity contribution < 1.29 is 28.0 Å². The Morgan fingerprint density at radius 3 is 2.09 bits per heavy atom. The number of hydrogen-bond donors (Lipinski definition) is 2. The van der Waals surface area contributed by atoms with Gasteiger partial charge >= 0.3 is 14.8 Å². The molecule has 0 aliphatic carbocycles. The third-order valence-corrected chi connectivity index (χ3v) is 6.94. The van der Waals surface area contributed by atoms with Gasteiger partial charge in [-0.3, -0.25) is 9.59 Å². The molecule has 0 saturated carbocycles. The summed E-state index contributed by atoms with van der Waals surface area (Å²) >= 11 is 0. The van der Waals surface area contributed by atoms with Crippen molar-refractivity contribution in [3.05, 3.63) is 0 Å². The number of rotatable bonds is 12. The van der Waals surface area contributed by atoms with Crippen molar-refractivity contribution in [3.8, 4) is 0 Å². The topological polar surface area (TPSA) is 94.1 Å². The molecule has 0 rings (SSSR count). The van der Waals surface area contributed by atoms with E-state index in [0.29, 0.717) is 18.9 Å². The molecule has 0 aromatic rings. The van der Waals surface area contributed by atoms with E-state index in [2.05, 4.69) is 5.32 Å². The molecule has 1 unspecified atom stereocenters. The van der Waals surface area contributed by atoms with Gasteiger partial charge in [-0.2, -0.15) is 0 Å². The zero-order chi connectivity index (χ0) is 18.1. The second-order valence-corrected chi connectivity index (χ2v) is 9.30. The lowest BCUT2D eigenvalue weighted by molar-refractivity contribution is -0.144. The molecule has 0 fully saturated rings. The summed E-state index contributed by atoms with van der Waals surface area (Å²) in [5, 5.41) is 12.2. The third-order valence-electron chi connectivity index (χ3n) is 4.11. The summed E-state index contributed by atoms with van der Waals surface area (Å²) in [5.41, 5.74) is -0.329. The minimum absolute atomic E-state index is 0.0275. The van der Waals surface area contributed by atoms with Gasteiger partial charge in [0.15, 0.2) is 0 Å². The lowest BCUT2D eigenvalue weighted by atomic mass is 9.97. The van der Waals surface area contributed by atoms with Crippen molar-refractivity contribution >= 4 is 20.7 Å². The van der Waals surface area contributed by atoms with Gasteiger partial charge in [-0.1, -0.05) is 6.92 Å². The summed E-state index contributed by atoms with van der Waals surface area (Å²) in [6.45, 7) is 5.80. The minimum atomic E-state index is -2.70. The molecule has 0 aromatic heterocycles. The van der Waals surface area contributed by atoms with E-state index in [0.717, 1.165) is 6.42 Å². The van der Waals surface area contributed by atoms with E-state index in [9.17, 15) is 14.7 Å². The van der Waals surface area contributed by atoms with Crippen LogP contribution in [0.5, 0.6) is 0 Å². The van der Waals surface area contributed by atoms with Gasteiger partial charge < -0.3 is 23.7 Å². The maximum absolute atomic E-state index is 12.0. The quantitative estimate of drug-likeness (QED) is 0.524. The van der Waals surface area contributed by atoms with Gasteiger partial charge in [-0.25, -0.2) is 0 Å². The Balaban J connectivity index is 4.54. The average Bonchev–Trinajstić information content (AvgIpc) is 2.50. The van der Waals surface area contributed by atoms with Gasteiger partial charge in [0.25, 0.3) is 0 Å². The predicted octanol–water partition coefficient (Wildman–Crippen LogP) is 2.04. The van der Waals surface area contributed by atoms with E-state index in [1.54, 1.807) is 0 Å². The smallest absolute Gasteiger partial charge is 0.481 e. The van der Waals surface area contributed by atoms with Crippen LogP contribution in [0.3, 0.4) is 0 Å². The summed E-state index contributed by atoms with van der Waals surface area (Å²) in [4.78, 5) is 23.4. The molecule has 0 aromatic carbocycles. The Labute approximate surface area is 140 Å². The van der Waals surface area contributed by atoms with Crippen LogP contribution < -0.4 is 5.32 Å². The van der Waals surface area contributed by atoms with Crippen LogP contribution in [0.25, 0.3) is 0 Å². The number of hydrogen-bond acceptors (Lipinski definition) is 5. The Morgan fingerprint density at radius 1 is 1.17 bits per heavy atom. The third kappa shape index (κ3) is 7.91. The van der Waals surface area contributed by atoms with Crippen LogP contribution in [0.15, 0.2) is 0 Å². The largest absolute Gasteiger partial charge is 0.500 e. The summed E-state index contributed by atoms with van der Waals surface area (Å²) in [7, 11) is 1.87. The van der Waals surface area contributed by atoms with Crippen molar-refractivity contribution in [1.29, 1.82) is 0 Å². The molecule has 1 amide bonds. The van der Waals surface area contributed by atoms with Crippen LogP contribution in [0.2, 0.25) is 6.04 Å². The number of carbonyl (C=O) groups is 2. The zero-order valence-electron chi connectivity index (χ0n) is 15.1. The van der Waals surface area contributed by atoms with Crippen LogP contribution in [0.1, 0.15) is 46.5 Å². The lowest BCUT2D eigenvalue weighted by Crippen LogP contribution is -2.44. The molecule has 136 valence electrons. The fraction of sp³-hybridized carbons (Fsp3) is 0.867. The van der Waals surface area contributed by atoms with E-state index in [-0.39, 0.29) is 17.9 Å². The van der Waals surface area contributed by atoms with Gasteiger partial charge in [-0.05, 0) is 33.1 Å². The normalized spacial score (nSPS) is 13.7. The van der Waals surface area contributed by atoms with Crippen molar-refractivity contribution in [1.82, 2.24) is 5.32 Å². The highest BCUT2D eigenvalue weighted by Crippen LogP contribution is 2.21. The van der Waals surface area contributed by atoms with Crippen LogP contribution in [0.4, 0.5) is 0 Å². The number of nitrogens with one attached hydrogen (secondary N) is 1. The van der Waals surface area contributed by atoms with Crippen molar-refractivity contribution in [2.24, 2.45) is 5.92 Å². The first-order valence-electron chi connectivity index (χ1n) is 7.84. The number of carbonyl (C=O) groups excluding carboxylic acids is 1. The zero-order valence-corrected chi connectivity index (χ0v) is 16.1. The van der Waals surface area contributed by atoms with E-state index in [1.807, 2.05) is 20.8 Å². The van der Waals surface area contributed by atoms with E-state index in [1.165, 1.54) is 21.3 Å². The highest BCUT2D eigenvalue weighted by atomic mass is 28.4. The molecule has 8 heteroatoms. The molecule has 7 nitrogen and oxygen atoms in total. The first-order valence-corrected chi connectivity index (χ1v) is 9.77. The summed E-state index contributed by atoms with van der Waals surface area (Å²) in [6.07, 6.45) is 1.68. The molecule has 0 heterocycles. The van der Waals surface area contributed by atoms with Crippen molar-refractivity contribution in [3.63, 3.8) is 0 Å². The first-order chi connectivity index (χ1) is 10.6.